The Bertz CT molecular complexity index is 779. The third-order valence-corrected chi connectivity index (χ3v) is 6.18. The summed E-state index contributed by atoms with van der Waals surface area (Å²) in [7, 11) is 0. The van der Waals surface area contributed by atoms with E-state index in [1.54, 1.807) is 18.7 Å². The van der Waals surface area contributed by atoms with E-state index >= 15 is 0 Å². The van der Waals surface area contributed by atoms with Gasteiger partial charge in [0, 0.05) is 24.1 Å². The summed E-state index contributed by atoms with van der Waals surface area (Å²) in [6.45, 7) is 3.54. The van der Waals surface area contributed by atoms with Crippen LogP contribution in [0.25, 0.3) is 0 Å². The van der Waals surface area contributed by atoms with Crippen LogP contribution in [-0.2, 0) is 25.6 Å². The van der Waals surface area contributed by atoms with Crippen molar-refractivity contribution in [3.63, 3.8) is 0 Å². The van der Waals surface area contributed by atoms with Crippen molar-refractivity contribution in [2.24, 2.45) is 11.7 Å². The molecule has 11 nitrogen and oxygen atoms in total. The van der Waals surface area contributed by atoms with Crippen molar-refractivity contribution in [1.29, 1.82) is 0 Å². The van der Waals surface area contributed by atoms with Gasteiger partial charge in [0.25, 0.3) is 0 Å². The fourth-order valence-corrected chi connectivity index (χ4v) is 3.63. The molecule has 0 bridgehead atoms. The van der Waals surface area contributed by atoms with E-state index in [1.807, 2.05) is 13.2 Å². The third kappa shape index (κ3) is 9.64. The van der Waals surface area contributed by atoms with E-state index in [1.165, 1.54) is 12.5 Å². The third-order valence-electron chi connectivity index (χ3n) is 5.17. The van der Waals surface area contributed by atoms with E-state index in [4.69, 9.17) is 5.73 Å². The zero-order valence-electron chi connectivity index (χ0n) is 19.0. The van der Waals surface area contributed by atoms with Gasteiger partial charge < -0.3 is 31.8 Å². The van der Waals surface area contributed by atoms with Gasteiger partial charge in [-0.2, -0.15) is 24.4 Å². The fraction of sp³-hybridized carbons (Fsp3) is 0.650. The van der Waals surface area contributed by atoms with E-state index in [9.17, 15) is 24.3 Å². The Balaban J connectivity index is 2.94. The maximum atomic E-state index is 12.9. The number of aromatic amines is 1. The summed E-state index contributed by atoms with van der Waals surface area (Å²) in [6.07, 6.45) is 5.86. The molecule has 0 fully saturated rings. The molecule has 3 amide bonds. The second-order valence-electron chi connectivity index (χ2n) is 7.68. The quantitative estimate of drug-likeness (QED) is 0.158. The number of amides is 3. The van der Waals surface area contributed by atoms with Crippen LogP contribution in [0.15, 0.2) is 12.5 Å². The lowest BCUT2D eigenvalue weighted by atomic mass is 9.98. The predicted molar refractivity (Wildman–Crippen MR) is 130 cm³/mol. The molecule has 0 aliphatic heterocycles. The van der Waals surface area contributed by atoms with Gasteiger partial charge in [-0.25, -0.2) is 9.78 Å². The Morgan fingerprint density at radius 1 is 1.18 bits per heavy atom. The minimum Gasteiger partial charge on any atom is -0.480 e. The van der Waals surface area contributed by atoms with Gasteiger partial charge in [0.05, 0.1) is 12.4 Å². The van der Waals surface area contributed by atoms with Gasteiger partial charge in [0.2, 0.25) is 17.7 Å². The van der Waals surface area contributed by atoms with Crippen molar-refractivity contribution in [3.8, 4) is 0 Å². The van der Waals surface area contributed by atoms with Crippen molar-refractivity contribution in [3.05, 3.63) is 18.2 Å². The number of carboxylic acid groups (broad SMARTS) is 1. The van der Waals surface area contributed by atoms with Crippen LogP contribution in [0, 0.1) is 5.92 Å². The number of imidazole rings is 1. The van der Waals surface area contributed by atoms with Gasteiger partial charge >= 0.3 is 5.97 Å². The molecular weight excluding hydrogens is 468 g/mol. The Hall–Kier alpha value is -2.25. The van der Waals surface area contributed by atoms with Gasteiger partial charge in [-0.05, 0) is 24.3 Å². The van der Waals surface area contributed by atoms with Gasteiger partial charge in [0.15, 0.2) is 0 Å². The molecule has 1 heterocycles. The number of thiol groups is 1. The Kier molecular flexibility index (Phi) is 12.9. The number of aliphatic carboxylic acids is 1. The van der Waals surface area contributed by atoms with Gasteiger partial charge in [-0.3, -0.25) is 14.4 Å². The summed E-state index contributed by atoms with van der Waals surface area (Å²) in [5.41, 5.74) is 6.42. The number of carbonyl (C=O) groups excluding carboxylic acids is 3. The van der Waals surface area contributed by atoms with E-state index < -0.39 is 47.9 Å². The second-order valence-corrected chi connectivity index (χ2v) is 9.03. The number of carbonyl (C=O) groups is 4. The zero-order chi connectivity index (χ0) is 25.0. The average Bonchev–Trinajstić information content (AvgIpc) is 3.30. The van der Waals surface area contributed by atoms with E-state index in [-0.39, 0.29) is 18.1 Å². The molecule has 186 valence electrons. The number of nitrogens with two attached hydrogens (primary N) is 1. The number of thioether (sulfide) groups is 1. The smallest absolute Gasteiger partial charge is 0.326 e. The lowest BCUT2D eigenvalue weighted by Gasteiger charge is -2.26. The molecule has 1 aromatic rings. The lowest BCUT2D eigenvalue weighted by Crippen LogP contribution is -2.58. The van der Waals surface area contributed by atoms with Crippen LogP contribution >= 0.6 is 24.4 Å². The molecule has 5 unspecified atom stereocenters. The van der Waals surface area contributed by atoms with Crippen molar-refractivity contribution < 1.29 is 24.3 Å². The number of carboxylic acids is 1. The lowest BCUT2D eigenvalue weighted by molar-refractivity contribution is -0.143. The number of nitrogens with zero attached hydrogens (tertiary/aromatic N) is 1. The van der Waals surface area contributed by atoms with Crippen LogP contribution in [0.3, 0.4) is 0 Å². The Labute approximate surface area is 203 Å². The predicted octanol–water partition coefficient (Wildman–Crippen LogP) is -0.452. The van der Waals surface area contributed by atoms with E-state index in [2.05, 4.69) is 38.5 Å². The van der Waals surface area contributed by atoms with Crippen molar-refractivity contribution in [1.82, 2.24) is 25.9 Å². The first-order valence-corrected chi connectivity index (χ1v) is 12.6. The monoisotopic (exact) mass is 502 g/mol. The molecule has 0 saturated heterocycles. The summed E-state index contributed by atoms with van der Waals surface area (Å²) in [4.78, 5) is 56.5. The van der Waals surface area contributed by atoms with Crippen molar-refractivity contribution in [2.75, 3.05) is 17.8 Å². The minimum absolute atomic E-state index is 0.0180. The maximum absolute atomic E-state index is 12.9. The van der Waals surface area contributed by atoms with Crippen LogP contribution in [-0.4, -0.2) is 80.7 Å². The Morgan fingerprint density at radius 2 is 1.82 bits per heavy atom. The molecule has 0 saturated carbocycles. The fourth-order valence-electron chi connectivity index (χ4n) is 2.88. The van der Waals surface area contributed by atoms with Crippen molar-refractivity contribution in [2.45, 2.75) is 57.3 Å². The minimum atomic E-state index is -1.16. The highest BCUT2D eigenvalue weighted by Crippen LogP contribution is 2.09. The highest BCUT2D eigenvalue weighted by Gasteiger charge is 2.32. The maximum Gasteiger partial charge on any atom is 0.326 e. The topological polar surface area (TPSA) is 179 Å². The molecule has 5 atom stereocenters. The second kappa shape index (κ2) is 14.8. The summed E-state index contributed by atoms with van der Waals surface area (Å²) in [5, 5.41) is 17.2. The van der Waals surface area contributed by atoms with E-state index in [0.717, 1.165) is 0 Å². The first-order valence-electron chi connectivity index (χ1n) is 10.6. The summed E-state index contributed by atoms with van der Waals surface area (Å²) < 4.78 is 0. The number of H-pyrrole nitrogens is 1. The first-order chi connectivity index (χ1) is 15.6. The molecule has 0 aliphatic carbocycles. The summed E-state index contributed by atoms with van der Waals surface area (Å²) in [5.74, 6) is -2.59. The van der Waals surface area contributed by atoms with E-state index in [0.29, 0.717) is 24.3 Å². The molecule has 0 radical (unpaired) electrons. The number of rotatable bonds is 15. The summed E-state index contributed by atoms with van der Waals surface area (Å²) in [6, 6.07) is -4.02. The number of hydrogen-bond donors (Lipinski definition) is 7. The van der Waals surface area contributed by atoms with Crippen LogP contribution in [0.5, 0.6) is 0 Å². The standard InChI is InChI=1S/C20H34N6O5S2/c1-4-11(2)16(20(30)31)26-18(28)14(7-12-8-22-10-23-12)24-19(29)15(9-32)25-17(27)13(21)5-6-33-3/h8,10-11,13-16,32H,4-7,9,21H2,1-3H3,(H,22,23)(H,24,29)(H,25,27)(H,26,28)(H,30,31). The van der Waals surface area contributed by atoms with Crippen LogP contribution in [0.4, 0.5) is 0 Å². The molecule has 33 heavy (non-hydrogen) atoms. The Morgan fingerprint density at radius 3 is 2.33 bits per heavy atom. The van der Waals surface area contributed by atoms with Crippen LogP contribution < -0.4 is 21.7 Å². The normalized spacial score (nSPS) is 15.5. The molecule has 1 rings (SSSR count). The highest BCUT2D eigenvalue weighted by atomic mass is 32.2. The summed E-state index contributed by atoms with van der Waals surface area (Å²) >= 11 is 5.69. The SMILES string of the molecule is CCC(C)C(NC(=O)C(Cc1cnc[nH]1)NC(=O)C(CS)NC(=O)C(N)CCSC)C(=O)O. The van der Waals surface area contributed by atoms with Gasteiger partial charge in [-0.1, -0.05) is 20.3 Å². The highest BCUT2D eigenvalue weighted by molar-refractivity contribution is 7.98. The number of nitrogens with one attached hydrogen (secondary N) is 4. The first kappa shape index (κ1) is 28.8. The molecule has 0 aliphatic rings. The zero-order valence-corrected chi connectivity index (χ0v) is 20.7. The van der Waals surface area contributed by atoms with Crippen LogP contribution in [0.2, 0.25) is 0 Å². The molecule has 0 spiro atoms. The van der Waals surface area contributed by atoms with Gasteiger partial charge in [0.1, 0.15) is 18.1 Å². The average molecular weight is 503 g/mol. The molecule has 13 heteroatoms. The number of aromatic nitrogens is 2. The molecule has 1 aromatic heterocycles. The number of hydrogen-bond acceptors (Lipinski definition) is 8. The van der Waals surface area contributed by atoms with Crippen molar-refractivity contribution >= 4 is 48.1 Å². The molecular formula is C20H34N6O5S2. The molecule has 7 N–H and O–H groups in total. The molecule has 0 aromatic carbocycles. The largest absolute Gasteiger partial charge is 0.480 e. The van der Waals surface area contributed by atoms with Gasteiger partial charge in [-0.15, -0.1) is 0 Å². The van der Waals surface area contributed by atoms with Crippen LogP contribution in [0.1, 0.15) is 32.4 Å².